The van der Waals surface area contributed by atoms with E-state index in [-0.39, 0.29) is 10.8 Å². The molecule has 0 radical (unpaired) electrons. The summed E-state index contributed by atoms with van der Waals surface area (Å²) in [5.41, 5.74) is 17.9. The van der Waals surface area contributed by atoms with E-state index in [0.717, 1.165) is 17.8 Å². The number of nitrogen functional groups attached to an aromatic ring is 2. The topological polar surface area (TPSA) is 52.0 Å². The van der Waals surface area contributed by atoms with Gasteiger partial charge in [-0.05, 0) is 46.9 Å². The van der Waals surface area contributed by atoms with Gasteiger partial charge in [-0.1, -0.05) is 27.7 Å². The fourth-order valence-corrected chi connectivity index (χ4v) is 3.72. The minimum atomic E-state index is 0.128. The molecule has 0 saturated heterocycles. The highest BCUT2D eigenvalue weighted by Crippen LogP contribution is 2.53. The van der Waals surface area contributed by atoms with Crippen molar-refractivity contribution in [2.75, 3.05) is 11.5 Å². The molecule has 0 spiro atoms. The lowest BCUT2D eigenvalue weighted by Gasteiger charge is -2.23. The van der Waals surface area contributed by atoms with Gasteiger partial charge in [0.25, 0.3) is 0 Å². The van der Waals surface area contributed by atoms with E-state index in [4.69, 9.17) is 11.5 Å². The zero-order chi connectivity index (χ0) is 12.3. The molecule has 0 bridgehead atoms. The maximum atomic E-state index is 6.17. The molecule has 1 aromatic rings. The molecule has 1 aromatic carbocycles. The fourth-order valence-electron chi connectivity index (χ4n) is 3.72. The second-order valence-electron chi connectivity index (χ2n) is 6.39. The summed E-state index contributed by atoms with van der Waals surface area (Å²) < 4.78 is 0. The Morgan fingerprint density at radius 3 is 2.06 bits per heavy atom. The summed E-state index contributed by atoms with van der Waals surface area (Å²) in [7, 11) is 0. The van der Waals surface area contributed by atoms with Crippen LogP contribution in [0.15, 0.2) is 6.07 Å². The normalized spacial score (nSPS) is 20.8. The van der Waals surface area contributed by atoms with Gasteiger partial charge in [-0.2, -0.15) is 0 Å². The quantitative estimate of drug-likeness (QED) is 0.657. The molecule has 0 aliphatic heterocycles. The Morgan fingerprint density at radius 2 is 1.50 bits per heavy atom. The zero-order valence-electron chi connectivity index (χ0n) is 10.9. The lowest BCUT2D eigenvalue weighted by molar-refractivity contribution is 0.403. The Morgan fingerprint density at radius 1 is 1.00 bits per heavy atom. The van der Waals surface area contributed by atoms with Gasteiger partial charge in [-0.3, -0.25) is 0 Å². The van der Waals surface area contributed by atoms with E-state index in [2.05, 4.69) is 34.6 Å². The summed E-state index contributed by atoms with van der Waals surface area (Å²) in [4.78, 5) is 0. The van der Waals surface area contributed by atoms with Crippen LogP contribution in [0, 0.1) is 6.92 Å². The van der Waals surface area contributed by atoms with Crippen LogP contribution in [0.5, 0.6) is 0 Å². The lowest BCUT2D eigenvalue weighted by Crippen LogP contribution is -2.18. The molecule has 4 N–H and O–H groups in total. The number of fused-ring (bicyclic) bond motifs is 1. The summed E-state index contributed by atoms with van der Waals surface area (Å²) in [5, 5.41) is 0. The Balaban J connectivity index is 2.85. The minimum absolute atomic E-state index is 0.128. The molecule has 0 atom stereocenters. The molecule has 0 aromatic heterocycles. The third-order valence-corrected chi connectivity index (χ3v) is 3.83. The molecule has 2 rings (SSSR count). The number of rotatable bonds is 0. The third-order valence-electron chi connectivity index (χ3n) is 3.83. The number of aryl methyl sites for hydroxylation is 1. The Bertz CT molecular complexity index is 456. The summed E-state index contributed by atoms with van der Waals surface area (Å²) in [6, 6.07) is 2.01. The summed E-state index contributed by atoms with van der Waals surface area (Å²) in [6.07, 6.45) is 1.13. The third kappa shape index (κ3) is 1.32. The molecule has 2 heteroatoms. The average Bonchev–Trinajstić information content (AvgIpc) is 2.27. The smallest absolute Gasteiger partial charge is 0.0589 e. The molecule has 1 aliphatic carbocycles. The predicted octanol–water partition coefficient (Wildman–Crippen LogP) is 3.12. The van der Waals surface area contributed by atoms with Gasteiger partial charge in [0.15, 0.2) is 0 Å². The van der Waals surface area contributed by atoms with Crippen LogP contribution in [0.3, 0.4) is 0 Å². The molecule has 2 nitrogen and oxygen atoms in total. The van der Waals surface area contributed by atoms with E-state index in [0.29, 0.717) is 0 Å². The first-order valence-electron chi connectivity index (χ1n) is 5.86. The molecule has 1 aliphatic rings. The highest BCUT2D eigenvalue weighted by molar-refractivity contribution is 5.75. The van der Waals surface area contributed by atoms with Crippen LogP contribution >= 0.6 is 0 Å². The van der Waals surface area contributed by atoms with Crippen molar-refractivity contribution in [3.63, 3.8) is 0 Å². The van der Waals surface area contributed by atoms with Crippen molar-refractivity contribution in [2.45, 2.75) is 51.9 Å². The van der Waals surface area contributed by atoms with Crippen LogP contribution in [0.1, 0.15) is 50.8 Å². The Kier molecular flexibility index (Phi) is 2.07. The SMILES string of the molecule is Cc1cc(N)c(N)c2c1C(C)(C)CC2(C)C. The first kappa shape index (κ1) is 11.3. The second kappa shape index (κ2) is 2.93. The summed E-state index contributed by atoms with van der Waals surface area (Å²) >= 11 is 0. The van der Waals surface area contributed by atoms with Gasteiger partial charge in [0.2, 0.25) is 0 Å². The van der Waals surface area contributed by atoms with Crippen molar-refractivity contribution in [1.29, 1.82) is 0 Å². The van der Waals surface area contributed by atoms with Crippen LogP contribution in [0.25, 0.3) is 0 Å². The van der Waals surface area contributed by atoms with Gasteiger partial charge in [0.1, 0.15) is 0 Å². The highest BCUT2D eigenvalue weighted by atomic mass is 14.7. The second-order valence-corrected chi connectivity index (χ2v) is 6.39. The van der Waals surface area contributed by atoms with Gasteiger partial charge in [-0.15, -0.1) is 0 Å². The maximum Gasteiger partial charge on any atom is 0.0589 e. The molecule has 0 heterocycles. The van der Waals surface area contributed by atoms with Crippen molar-refractivity contribution >= 4 is 11.4 Å². The Labute approximate surface area is 98.0 Å². The monoisotopic (exact) mass is 218 g/mol. The molecule has 0 amide bonds. The van der Waals surface area contributed by atoms with Crippen molar-refractivity contribution < 1.29 is 0 Å². The molecule has 88 valence electrons. The van der Waals surface area contributed by atoms with Gasteiger partial charge in [-0.25, -0.2) is 0 Å². The van der Waals surface area contributed by atoms with Crippen molar-refractivity contribution in [3.05, 3.63) is 22.8 Å². The van der Waals surface area contributed by atoms with Gasteiger partial charge in [0.05, 0.1) is 11.4 Å². The molecule has 0 saturated carbocycles. The highest BCUT2D eigenvalue weighted by Gasteiger charge is 2.44. The number of benzene rings is 1. The molecule has 16 heavy (non-hydrogen) atoms. The van der Waals surface area contributed by atoms with E-state index in [1.165, 1.54) is 16.7 Å². The minimum Gasteiger partial charge on any atom is -0.397 e. The van der Waals surface area contributed by atoms with Gasteiger partial charge in [0, 0.05) is 0 Å². The largest absolute Gasteiger partial charge is 0.397 e. The van der Waals surface area contributed by atoms with Gasteiger partial charge >= 0.3 is 0 Å². The van der Waals surface area contributed by atoms with Crippen LogP contribution < -0.4 is 11.5 Å². The fraction of sp³-hybridized carbons (Fsp3) is 0.571. The molecular weight excluding hydrogens is 196 g/mol. The molecule has 0 unspecified atom stereocenters. The lowest BCUT2D eigenvalue weighted by atomic mass is 9.81. The summed E-state index contributed by atoms with van der Waals surface area (Å²) in [5.74, 6) is 0. The van der Waals surface area contributed by atoms with E-state index < -0.39 is 0 Å². The van der Waals surface area contributed by atoms with E-state index >= 15 is 0 Å². The zero-order valence-corrected chi connectivity index (χ0v) is 10.9. The van der Waals surface area contributed by atoms with Crippen molar-refractivity contribution in [3.8, 4) is 0 Å². The number of anilines is 2. The van der Waals surface area contributed by atoms with Crippen LogP contribution in [-0.4, -0.2) is 0 Å². The maximum absolute atomic E-state index is 6.17. The predicted molar refractivity (Wildman–Crippen MR) is 70.7 cm³/mol. The molecule has 0 fully saturated rings. The first-order valence-corrected chi connectivity index (χ1v) is 5.86. The van der Waals surface area contributed by atoms with Gasteiger partial charge < -0.3 is 11.5 Å². The van der Waals surface area contributed by atoms with Crippen LogP contribution in [0.2, 0.25) is 0 Å². The van der Waals surface area contributed by atoms with Crippen molar-refractivity contribution in [1.82, 2.24) is 0 Å². The number of hydrogen-bond acceptors (Lipinski definition) is 2. The summed E-state index contributed by atoms with van der Waals surface area (Å²) in [6.45, 7) is 11.2. The standard InChI is InChI=1S/C14H22N2/c1-8-6-9(15)12(16)11-10(8)13(2,3)7-14(11,4)5/h6H,7,15-16H2,1-5H3. The van der Waals surface area contributed by atoms with E-state index in [1.807, 2.05) is 6.07 Å². The van der Waals surface area contributed by atoms with Crippen molar-refractivity contribution in [2.24, 2.45) is 0 Å². The van der Waals surface area contributed by atoms with Crippen LogP contribution in [0.4, 0.5) is 11.4 Å². The van der Waals surface area contributed by atoms with Crippen LogP contribution in [-0.2, 0) is 10.8 Å². The van der Waals surface area contributed by atoms with E-state index in [9.17, 15) is 0 Å². The number of nitrogens with two attached hydrogens (primary N) is 2. The number of hydrogen-bond donors (Lipinski definition) is 2. The molecular formula is C14H22N2. The average molecular weight is 218 g/mol. The first-order chi connectivity index (χ1) is 7.17. The Hall–Kier alpha value is -1.18. The van der Waals surface area contributed by atoms with E-state index in [1.54, 1.807) is 0 Å².